The van der Waals surface area contributed by atoms with Crippen LogP contribution in [0.25, 0.3) is 16.7 Å². The maximum absolute atomic E-state index is 14.6. The first-order valence-electron chi connectivity index (χ1n) is 8.62. The standard InChI is InChI=1S/C19H15F3N4O/c20-9-1-2-15(13(21)5-9)26-4-3-16(27)10-6-14(22)19(24-18(10)26)25-7-11-12(8-25)17(11)23/h1-6,11-12,17H,7-8,23H2. The number of hydrogen-bond donors (Lipinski definition) is 1. The number of hydrogen-bond acceptors (Lipinski definition) is 4. The Hall–Kier alpha value is -2.87. The Morgan fingerprint density at radius 3 is 2.48 bits per heavy atom. The van der Waals surface area contributed by atoms with Gasteiger partial charge in [-0.25, -0.2) is 18.2 Å². The summed E-state index contributed by atoms with van der Waals surface area (Å²) in [5.41, 5.74) is 5.65. The van der Waals surface area contributed by atoms with Crippen LogP contribution in [0.4, 0.5) is 19.0 Å². The van der Waals surface area contributed by atoms with E-state index in [0.717, 1.165) is 18.2 Å². The van der Waals surface area contributed by atoms with Crippen molar-refractivity contribution in [1.29, 1.82) is 0 Å². The predicted molar refractivity (Wildman–Crippen MR) is 94.4 cm³/mol. The Morgan fingerprint density at radius 2 is 1.78 bits per heavy atom. The van der Waals surface area contributed by atoms with Gasteiger partial charge < -0.3 is 10.6 Å². The number of anilines is 1. The van der Waals surface area contributed by atoms with E-state index in [0.29, 0.717) is 24.9 Å². The van der Waals surface area contributed by atoms with E-state index >= 15 is 0 Å². The molecule has 1 saturated heterocycles. The molecule has 2 aromatic heterocycles. The summed E-state index contributed by atoms with van der Waals surface area (Å²) in [6.07, 6.45) is 1.35. The van der Waals surface area contributed by atoms with Crippen molar-refractivity contribution in [2.45, 2.75) is 6.04 Å². The molecule has 2 fully saturated rings. The third-order valence-electron chi connectivity index (χ3n) is 5.54. The van der Waals surface area contributed by atoms with Crippen LogP contribution in [0, 0.1) is 29.3 Å². The Morgan fingerprint density at radius 1 is 1.04 bits per heavy atom. The molecule has 2 N–H and O–H groups in total. The van der Waals surface area contributed by atoms with Crippen molar-refractivity contribution in [1.82, 2.24) is 9.55 Å². The van der Waals surface area contributed by atoms with Crippen LogP contribution in [-0.4, -0.2) is 28.7 Å². The highest BCUT2D eigenvalue weighted by Gasteiger charge is 2.54. The summed E-state index contributed by atoms with van der Waals surface area (Å²) in [5, 5.41) is 0.0310. The van der Waals surface area contributed by atoms with E-state index in [2.05, 4.69) is 4.98 Å². The lowest BCUT2D eigenvalue weighted by atomic mass is 10.2. The molecule has 5 nitrogen and oxygen atoms in total. The molecule has 2 atom stereocenters. The fourth-order valence-corrected chi connectivity index (χ4v) is 3.98. The second kappa shape index (κ2) is 5.56. The number of nitrogens with zero attached hydrogens (tertiary/aromatic N) is 3. The van der Waals surface area contributed by atoms with Crippen LogP contribution in [0.2, 0.25) is 0 Å². The van der Waals surface area contributed by atoms with E-state index in [-0.39, 0.29) is 28.6 Å². The third kappa shape index (κ3) is 2.43. The van der Waals surface area contributed by atoms with Crippen molar-refractivity contribution < 1.29 is 13.2 Å². The van der Waals surface area contributed by atoms with Crippen molar-refractivity contribution in [3.8, 4) is 5.69 Å². The molecule has 0 amide bonds. The van der Waals surface area contributed by atoms with Crippen LogP contribution in [0.15, 0.2) is 41.3 Å². The first-order valence-corrected chi connectivity index (χ1v) is 8.62. The molecule has 2 unspecified atom stereocenters. The van der Waals surface area contributed by atoms with Crippen LogP contribution < -0.4 is 16.1 Å². The largest absolute Gasteiger partial charge is 0.353 e. The topological polar surface area (TPSA) is 64.2 Å². The summed E-state index contributed by atoms with van der Waals surface area (Å²) in [4.78, 5) is 18.3. The van der Waals surface area contributed by atoms with Gasteiger partial charge in [0.05, 0.1) is 11.1 Å². The van der Waals surface area contributed by atoms with Crippen molar-refractivity contribution in [3.05, 3.63) is 64.2 Å². The molecule has 27 heavy (non-hydrogen) atoms. The van der Waals surface area contributed by atoms with Gasteiger partial charge in [0.15, 0.2) is 22.7 Å². The zero-order valence-corrected chi connectivity index (χ0v) is 14.1. The van der Waals surface area contributed by atoms with Gasteiger partial charge in [-0.05, 0) is 30.0 Å². The van der Waals surface area contributed by atoms with Crippen molar-refractivity contribution in [2.75, 3.05) is 18.0 Å². The number of nitrogens with two attached hydrogens (primary N) is 1. The number of halogens is 3. The quantitative estimate of drug-likeness (QED) is 0.749. The minimum Gasteiger partial charge on any atom is -0.353 e. The highest BCUT2D eigenvalue weighted by atomic mass is 19.1. The molecule has 1 aliphatic heterocycles. The van der Waals surface area contributed by atoms with Gasteiger partial charge in [-0.1, -0.05) is 0 Å². The van der Waals surface area contributed by atoms with E-state index < -0.39 is 22.9 Å². The Bertz CT molecular complexity index is 1130. The smallest absolute Gasteiger partial charge is 0.191 e. The number of rotatable bonds is 2. The number of pyridine rings is 2. The lowest BCUT2D eigenvalue weighted by molar-refractivity contribution is 0.578. The number of aromatic nitrogens is 2. The zero-order valence-electron chi connectivity index (χ0n) is 14.1. The van der Waals surface area contributed by atoms with Gasteiger partial charge in [0.2, 0.25) is 0 Å². The summed E-state index contributed by atoms with van der Waals surface area (Å²) in [7, 11) is 0. The molecule has 3 heterocycles. The van der Waals surface area contributed by atoms with Gasteiger partial charge in [0.25, 0.3) is 0 Å². The first kappa shape index (κ1) is 16.3. The maximum atomic E-state index is 14.6. The molecule has 0 radical (unpaired) electrons. The average molecular weight is 372 g/mol. The highest BCUT2D eigenvalue weighted by molar-refractivity contribution is 5.79. The molecule has 0 spiro atoms. The lowest BCUT2D eigenvalue weighted by Crippen LogP contribution is -2.29. The third-order valence-corrected chi connectivity index (χ3v) is 5.54. The summed E-state index contributed by atoms with van der Waals surface area (Å²) < 4.78 is 43.5. The van der Waals surface area contributed by atoms with Crippen molar-refractivity contribution >= 4 is 16.9 Å². The average Bonchev–Trinajstić information content (AvgIpc) is 3.04. The normalized spacial score (nSPS) is 23.7. The van der Waals surface area contributed by atoms with E-state index in [1.54, 1.807) is 4.90 Å². The Balaban J connectivity index is 1.69. The summed E-state index contributed by atoms with van der Waals surface area (Å²) in [6.45, 7) is 1.20. The molecule has 1 aliphatic carbocycles. The minimum absolute atomic E-state index is 0.0257. The predicted octanol–water partition coefficient (Wildman–Crippen LogP) is 2.20. The number of fused-ring (bicyclic) bond motifs is 2. The molecule has 2 aliphatic rings. The van der Waals surface area contributed by atoms with Crippen LogP contribution in [0.5, 0.6) is 0 Å². The molecular weight excluding hydrogens is 357 g/mol. The molecule has 8 heteroatoms. The summed E-state index contributed by atoms with van der Waals surface area (Å²) in [6, 6.07) is 5.60. The zero-order chi connectivity index (χ0) is 18.9. The SMILES string of the molecule is NC1C2CN(c3nc4c(cc3F)c(=O)ccn4-c3ccc(F)cc3F)CC12. The van der Waals surface area contributed by atoms with Crippen LogP contribution in [0.1, 0.15) is 0 Å². The highest BCUT2D eigenvalue weighted by Crippen LogP contribution is 2.45. The van der Waals surface area contributed by atoms with E-state index in [1.807, 2.05) is 0 Å². The first-order chi connectivity index (χ1) is 12.9. The molecule has 1 aromatic carbocycles. The van der Waals surface area contributed by atoms with Crippen molar-refractivity contribution in [3.63, 3.8) is 0 Å². The van der Waals surface area contributed by atoms with Crippen molar-refractivity contribution in [2.24, 2.45) is 17.6 Å². The summed E-state index contributed by atoms with van der Waals surface area (Å²) >= 11 is 0. The van der Waals surface area contributed by atoms with Gasteiger partial charge in [-0.3, -0.25) is 9.36 Å². The van der Waals surface area contributed by atoms with E-state index in [9.17, 15) is 18.0 Å². The van der Waals surface area contributed by atoms with E-state index in [4.69, 9.17) is 5.73 Å². The molecule has 138 valence electrons. The van der Waals surface area contributed by atoms with Gasteiger partial charge in [0.1, 0.15) is 11.6 Å². The maximum Gasteiger partial charge on any atom is 0.191 e. The monoisotopic (exact) mass is 372 g/mol. The fourth-order valence-electron chi connectivity index (χ4n) is 3.98. The molecule has 3 aromatic rings. The van der Waals surface area contributed by atoms with Crippen LogP contribution in [-0.2, 0) is 0 Å². The van der Waals surface area contributed by atoms with Gasteiger partial charge in [0, 0.05) is 37.5 Å². The summed E-state index contributed by atoms with van der Waals surface area (Å²) in [5.74, 6) is -1.35. The fraction of sp³-hybridized carbons (Fsp3) is 0.263. The lowest BCUT2D eigenvalue weighted by Gasteiger charge is -2.21. The second-order valence-electron chi connectivity index (χ2n) is 7.12. The minimum atomic E-state index is -0.805. The number of benzene rings is 1. The molecule has 1 saturated carbocycles. The Labute approximate surface area is 151 Å². The molecule has 0 bridgehead atoms. The molecule has 5 rings (SSSR count). The second-order valence-corrected chi connectivity index (χ2v) is 7.12. The van der Waals surface area contributed by atoms with Gasteiger partial charge in [-0.2, -0.15) is 0 Å². The van der Waals surface area contributed by atoms with Gasteiger partial charge in [-0.15, -0.1) is 0 Å². The van der Waals surface area contributed by atoms with Gasteiger partial charge >= 0.3 is 0 Å². The van der Waals surface area contributed by atoms with Crippen LogP contribution >= 0.6 is 0 Å². The molecular formula is C19H15F3N4O. The number of piperidine rings is 1. The van der Waals surface area contributed by atoms with E-state index in [1.165, 1.54) is 22.9 Å². The van der Waals surface area contributed by atoms with Crippen LogP contribution in [0.3, 0.4) is 0 Å². The Kier molecular flexibility index (Phi) is 3.36.